The Morgan fingerprint density at radius 2 is 1.97 bits per heavy atom. The van der Waals surface area contributed by atoms with Crippen LogP contribution in [0, 0.1) is 12.7 Å². The van der Waals surface area contributed by atoms with Crippen LogP contribution in [0.2, 0.25) is 0 Å². The number of anilines is 1. The van der Waals surface area contributed by atoms with E-state index in [0.29, 0.717) is 0 Å². The van der Waals surface area contributed by atoms with E-state index in [4.69, 9.17) is 4.52 Å². The minimum absolute atomic E-state index is 0.000331. The van der Waals surface area contributed by atoms with E-state index in [1.54, 1.807) is 31.2 Å². The number of halogens is 1. The molecule has 30 heavy (non-hydrogen) atoms. The average Bonchev–Trinajstić information content (AvgIpc) is 3.16. The smallest absolute Gasteiger partial charge is 0.260 e. The number of nitrogens with one attached hydrogen (secondary N) is 1. The summed E-state index contributed by atoms with van der Waals surface area (Å²) in [6, 6.07) is 10.8. The molecule has 10 heteroatoms. The van der Waals surface area contributed by atoms with Crippen molar-refractivity contribution < 1.29 is 22.1 Å². The summed E-state index contributed by atoms with van der Waals surface area (Å²) in [6.07, 6.45) is 0.162. The molecule has 1 amide bonds. The Morgan fingerprint density at radius 1 is 1.23 bits per heavy atom. The molecule has 0 aliphatic carbocycles. The Hall–Kier alpha value is -3.11. The van der Waals surface area contributed by atoms with E-state index in [0.717, 1.165) is 9.87 Å². The van der Waals surface area contributed by atoms with Crippen LogP contribution in [-0.2, 0) is 21.2 Å². The Balaban J connectivity index is 1.77. The third-order valence-electron chi connectivity index (χ3n) is 4.36. The van der Waals surface area contributed by atoms with Crippen LogP contribution in [-0.4, -0.2) is 42.4 Å². The van der Waals surface area contributed by atoms with E-state index in [9.17, 15) is 17.6 Å². The van der Waals surface area contributed by atoms with Crippen LogP contribution in [0.3, 0.4) is 0 Å². The summed E-state index contributed by atoms with van der Waals surface area (Å²) in [5.41, 5.74) is 1.13. The van der Waals surface area contributed by atoms with E-state index in [2.05, 4.69) is 15.5 Å². The number of amides is 1. The molecule has 2 aromatic carbocycles. The van der Waals surface area contributed by atoms with Gasteiger partial charge in [-0.25, -0.2) is 17.1 Å². The fraction of sp³-hybridized carbons (Fsp3) is 0.250. The number of aryl methyl sites for hydroxylation is 1. The van der Waals surface area contributed by atoms with Gasteiger partial charge in [0, 0.05) is 26.9 Å². The van der Waals surface area contributed by atoms with Crippen molar-refractivity contribution in [1.82, 2.24) is 14.4 Å². The second-order valence-corrected chi connectivity index (χ2v) is 8.77. The number of nitrogens with zero attached hydrogens (tertiary/aromatic N) is 3. The van der Waals surface area contributed by atoms with Gasteiger partial charge in [-0.3, -0.25) is 4.79 Å². The number of likely N-dealkylation sites (N-methyl/N-ethyl adjacent to an activating group) is 1. The fourth-order valence-electron chi connectivity index (χ4n) is 2.78. The number of sulfonamides is 1. The topological polar surface area (TPSA) is 105 Å². The Bertz CT molecular complexity index is 1180. The van der Waals surface area contributed by atoms with Crippen molar-refractivity contribution in [3.8, 4) is 11.5 Å². The predicted octanol–water partition coefficient (Wildman–Crippen LogP) is 3.01. The Morgan fingerprint density at radius 3 is 2.67 bits per heavy atom. The first-order valence-corrected chi connectivity index (χ1v) is 10.5. The van der Waals surface area contributed by atoms with E-state index < -0.39 is 15.8 Å². The predicted molar refractivity (Wildman–Crippen MR) is 109 cm³/mol. The van der Waals surface area contributed by atoms with Gasteiger partial charge in [0.15, 0.2) is 5.82 Å². The van der Waals surface area contributed by atoms with Crippen LogP contribution in [0.1, 0.15) is 18.3 Å². The molecule has 1 aromatic heterocycles. The van der Waals surface area contributed by atoms with Crippen molar-refractivity contribution >= 4 is 21.6 Å². The molecule has 0 bridgehead atoms. The van der Waals surface area contributed by atoms with Gasteiger partial charge < -0.3 is 9.84 Å². The van der Waals surface area contributed by atoms with Crippen molar-refractivity contribution in [2.24, 2.45) is 0 Å². The monoisotopic (exact) mass is 432 g/mol. The van der Waals surface area contributed by atoms with Gasteiger partial charge in [0.1, 0.15) is 10.7 Å². The van der Waals surface area contributed by atoms with Gasteiger partial charge in [0.25, 0.3) is 5.89 Å². The van der Waals surface area contributed by atoms with Gasteiger partial charge in [0.05, 0.1) is 11.3 Å². The number of rotatable bonds is 7. The number of aromatic nitrogens is 2. The summed E-state index contributed by atoms with van der Waals surface area (Å²) in [7, 11) is -2.46. The lowest BCUT2D eigenvalue weighted by Gasteiger charge is -2.19. The molecular weight excluding hydrogens is 411 g/mol. The summed E-state index contributed by atoms with van der Waals surface area (Å²) in [5, 5.41) is 6.34. The van der Waals surface area contributed by atoms with Crippen LogP contribution < -0.4 is 5.32 Å². The summed E-state index contributed by atoms with van der Waals surface area (Å²) in [5.74, 6) is -0.579. The van der Waals surface area contributed by atoms with E-state index >= 15 is 0 Å². The Labute approximate surface area is 173 Å². The molecule has 0 aliphatic heterocycles. The van der Waals surface area contributed by atoms with Crippen molar-refractivity contribution in [2.75, 3.05) is 18.9 Å². The lowest BCUT2D eigenvalue weighted by Crippen LogP contribution is -2.30. The van der Waals surface area contributed by atoms with Crippen molar-refractivity contribution in [2.45, 2.75) is 25.2 Å². The third-order valence-corrected chi connectivity index (χ3v) is 6.26. The van der Waals surface area contributed by atoms with Crippen LogP contribution in [0.25, 0.3) is 11.5 Å². The summed E-state index contributed by atoms with van der Waals surface area (Å²) >= 11 is 0. The maximum absolute atomic E-state index is 13.9. The average molecular weight is 432 g/mol. The van der Waals surface area contributed by atoms with E-state index in [1.165, 1.54) is 32.2 Å². The molecule has 0 aliphatic rings. The summed E-state index contributed by atoms with van der Waals surface area (Å²) in [4.78, 5) is 15.6. The van der Waals surface area contributed by atoms with Gasteiger partial charge in [-0.1, -0.05) is 23.4 Å². The lowest BCUT2D eigenvalue weighted by atomic mass is 10.2. The minimum atomic E-state index is -3.89. The highest BCUT2D eigenvalue weighted by molar-refractivity contribution is 7.89. The molecule has 1 heterocycles. The first-order chi connectivity index (χ1) is 14.2. The molecule has 3 rings (SSSR count). The molecule has 1 N–H and O–H groups in total. The molecule has 0 radical (unpaired) electrons. The fourth-order valence-corrected chi connectivity index (χ4v) is 4.18. The first kappa shape index (κ1) is 21.6. The standard InChI is InChI=1S/C20H21FN4O4S/c1-13-8-9-17(22-14(2)26)18(12-13)30(27,28)25(3)11-10-19-23-20(29-24-19)15-6-4-5-7-16(15)21/h4-9,12H,10-11H2,1-3H3,(H,22,26). The van der Waals surface area contributed by atoms with Crippen LogP contribution >= 0.6 is 0 Å². The molecule has 0 spiro atoms. The SMILES string of the molecule is CC(=O)Nc1ccc(C)cc1S(=O)(=O)N(C)CCc1noc(-c2ccccc2F)n1. The summed E-state index contributed by atoms with van der Waals surface area (Å²) < 4.78 is 46.2. The zero-order valence-electron chi connectivity index (χ0n) is 16.7. The molecular formula is C20H21FN4O4S. The zero-order chi connectivity index (χ0) is 21.9. The molecule has 3 aromatic rings. The maximum Gasteiger partial charge on any atom is 0.260 e. The third kappa shape index (κ3) is 4.71. The van der Waals surface area contributed by atoms with Gasteiger partial charge in [0.2, 0.25) is 15.9 Å². The number of hydrogen-bond acceptors (Lipinski definition) is 6. The highest BCUT2D eigenvalue weighted by atomic mass is 32.2. The Kier molecular flexibility index (Phi) is 6.28. The first-order valence-electron chi connectivity index (χ1n) is 9.10. The molecule has 0 saturated heterocycles. The number of hydrogen-bond donors (Lipinski definition) is 1. The molecule has 158 valence electrons. The van der Waals surface area contributed by atoms with Gasteiger partial charge >= 0.3 is 0 Å². The summed E-state index contributed by atoms with van der Waals surface area (Å²) in [6.45, 7) is 3.13. The van der Waals surface area contributed by atoms with Crippen molar-refractivity contribution in [3.63, 3.8) is 0 Å². The molecule has 0 saturated carbocycles. The zero-order valence-corrected chi connectivity index (χ0v) is 17.5. The van der Waals surface area contributed by atoms with Crippen LogP contribution in [0.5, 0.6) is 0 Å². The van der Waals surface area contributed by atoms with Gasteiger partial charge in [-0.05, 0) is 36.8 Å². The van der Waals surface area contributed by atoms with Crippen LogP contribution in [0.4, 0.5) is 10.1 Å². The van der Waals surface area contributed by atoms with E-state index in [-0.39, 0.29) is 46.7 Å². The molecule has 8 nitrogen and oxygen atoms in total. The van der Waals surface area contributed by atoms with Crippen LogP contribution in [0.15, 0.2) is 51.9 Å². The molecule has 0 fully saturated rings. The second kappa shape index (κ2) is 8.72. The number of carbonyl (C=O) groups is 1. The number of carbonyl (C=O) groups excluding carboxylic acids is 1. The van der Waals surface area contributed by atoms with Gasteiger partial charge in [-0.15, -0.1) is 0 Å². The largest absolute Gasteiger partial charge is 0.334 e. The highest BCUT2D eigenvalue weighted by Crippen LogP contribution is 2.26. The normalized spacial score (nSPS) is 11.6. The highest BCUT2D eigenvalue weighted by Gasteiger charge is 2.25. The quantitative estimate of drug-likeness (QED) is 0.615. The van der Waals surface area contributed by atoms with E-state index in [1.807, 2.05) is 0 Å². The lowest BCUT2D eigenvalue weighted by molar-refractivity contribution is -0.114. The molecule has 0 atom stereocenters. The van der Waals surface area contributed by atoms with Crippen molar-refractivity contribution in [3.05, 3.63) is 59.7 Å². The molecule has 0 unspecified atom stereocenters. The van der Waals surface area contributed by atoms with Crippen molar-refractivity contribution in [1.29, 1.82) is 0 Å². The minimum Gasteiger partial charge on any atom is -0.334 e. The second-order valence-electron chi connectivity index (χ2n) is 6.75. The number of benzene rings is 2. The maximum atomic E-state index is 13.9. The van der Waals surface area contributed by atoms with Gasteiger partial charge in [-0.2, -0.15) is 4.98 Å².